The normalized spacial score (nSPS) is 18.0. The van der Waals surface area contributed by atoms with Crippen molar-refractivity contribution < 1.29 is 23.8 Å². The predicted octanol–water partition coefficient (Wildman–Crippen LogP) is 4.23. The summed E-state index contributed by atoms with van der Waals surface area (Å²) in [6, 6.07) is 9.50. The molecule has 0 radical (unpaired) electrons. The van der Waals surface area contributed by atoms with Crippen LogP contribution >= 0.6 is 0 Å². The van der Waals surface area contributed by atoms with Gasteiger partial charge >= 0.3 is 6.09 Å². The maximum absolute atomic E-state index is 13.4. The minimum atomic E-state index is -1.07. The molecule has 1 amide bonds. The monoisotopic (exact) mass is 345 g/mol. The minimum absolute atomic E-state index is 0.373. The molecule has 6 heteroatoms. The SMILES string of the molecule is COc1cc(F)ccc1-c1ccc2c(c1)OCC(C)(C)C2NC(=O)O. The first-order chi connectivity index (χ1) is 11.8. The number of carbonyl (C=O) groups is 1. The summed E-state index contributed by atoms with van der Waals surface area (Å²) in [5, 5.41) is 11.7. The van der Waals surface area contributed by atoms with Gasteiger partial charge < -0.3 is 19.9 Å². The van der Waals surface area contributed by atoms with Crippen LogP contribution in [-0.2, 0) is 0 Å². The molecule has 0 aromatic heterocycles. The number of carboxylic acid groups (broad SMARTS) is 1. The van der Waals surface area contributed by atoms with Gasteiger partial charge in [0.05, 0.1) is 19.8 Å². The van der Waals surface area contributed by atoms with Crippen LogP contribution in [0.1, 0.15) is 25.5 Å². The number of halogens is 1. The fourth-order valence-electron chi connectivity index (χ4n) is 3.13. The van der Waals surface area contributed by atoms with Crippen LogP contribution in [0.3, 0.4) is 0 Å². The second-order valence-electron chi connectivity index (χ2n) is 6.76. The first-order valence-electron chi connectivity index (χ1n) is 7.92. The fourth-order valence-corrected chi connectivity index (χ4v) is 3.13. The Kier molecular flexibility index (Phi) is 4.29. The smallest absolute Gasteiger partial charge is 0.405 e. The highest BCUT2D eigenvalue weighted by atomic mass is 19.1. The van der Waals surface area contributed by atoms with E-state index in [1.165, 1.54) is 19.2 Å². The highest BCUT2D eigenvalue weighted by molar-refractivity contribution is 5.73. The molecule has 1 aliphatic rings. The zero-order valence-electron chi connectivity index (χ0n) is 14.3. The molecule has 2 aromatic carbocycles. The average molecular weight is 345 g/mol. The standard InChI is InChI=1S/C19H20FNO4/c1-19(2)10-25-16-8-11(4-6-14(16)17(19)21-18(22)23)13-7-5-12(20)9-15(13)24-3/h4-9,17,21H,10H2,1-3H3,(H,22,23). The molecule has 0 saturated heterocycles. The summed E-state index contributed by atoms with van der Waals surface area (Å²) < 4.78 is 24.5. The van der Waals surface area contributed by atoms with Crippen LogP contribution in [0, 0.1) is 11.2 Å². The van der Waals surface area contributed by atoms with Gasteiger partial charge in [0.15, 0.2) is 0 Å². The second kappa shape index (κ2) is 6.27. The van der Waals surface area contributed by atoms with Crippen LogP contribution in [-0.4, -0.2) is 24.9 Å². The van der Waals surface area contributed by atoms with Crippen molar-refractivity contribution in [1.82, 2.24) is 5.32 Å². The fraction of sp³-hybridized carbons (Fsp3) is 0.316. The van der Waals surface area contributed by atoms with E-state index in [1.807, 2.05) is 32.0 Å². The molecule has 1 unspecified atom stereocenters. The topological polar surface area (TPSA) is 67.8 Å². The van der Waals surface area contributed by atoms with E-state index in [4.69, 9.17) is 14.6 Å². The lowest BCUT2D eigenvalue weighted by molar-refractivity contribution is 0.0996. The maximum atomic E-state index is 13.4. The molecule has 0 saturated carbocycles. The van der Waals surface area contributed by atoms with E-state index in [0.717, 1.165) is 16.7 Å². The molecule has 0 bridgehead atoms. The molecule has 5 nitrogen and oxygen atoms in total. The van der Waals surface area contributed by atoms with Gasteiger partial charge in [0.1, 0.15) is 17.3 Å². The third kappa shape index (κ3) is 3.24. The molecule has 25 heavy (non-hydrogen) atoms. The van der Waals surface area contributed by atoms with Crippen LogP contribution in [0.25, 0.3) is 11.1 Å². The summed E-state index contributed by atoms with van der Waals surface area (Å²) in [6.07, 6.45) is -1.07. The Labute approximate surface area is 145 Å². The van der Waals surface area contributed by atoms with Crippen molar-refractivity contribution in [2.45, 2.75) is 19.9 Å². The van der Waals surface area contributed by atoms with Crippen molar-refractivity contribution in [2.75, 3.05) is 13.7 Å². The summed E-state index contributed by atoms with van der Waals surface area (Å²) in [4.78, 5) is 11.2. The van der Waals surface area contributed by atoms with Gasteiger partial charge in [-0.15, -0.1) is 0 Å². The zero-order valence-corrected chi connectivity index (χ0v) is 14.3. The third-order valence-electron chi connectivity index (χ3n) is 4.45. The molecular formula is C19H20FNO4. The van der Waals surface area contributed by atoms with E-state index in [-0.39, 0.29) is 17.3 Å². The molecule has 1 heterocycles. The molecular weight excluding hydrogens is 325 g/mol. The Morgan fingerprint density at radius 3 is 2.76 bits per heavy atom. The minimum Gasteiger partial charge on any atom is -0.496 e. The Morgan fingerprint density at radius 2 is 2.08 bits per heavy atom. The lowest BCUT2D eigenvalue weighted by Crippen LogP contribution is -2.43. The number of hydrogen-bond donors (Lipinski definition) is 2. The van der Waals surface area contributed by atoms with Crippen molar-refractivity contribution in [1.29, 1.82) is 0 Å². The largest absolute Gasteiger partial charge is 0.496 e. The Hall–Kier alpha value is -2.76. The predicted molar refractivity (Wildman–Crippen MR) is 91.6 cm³/mol. The number of rotatable bonds is 3. The maximum Gasteiger partial charge on any atom is 0.405 e. The third-order valence-corrected chi connectivity index (χ3v) is 4.45. The number of methoxy groups -OCH3 is 1. The number of hydrogen-bond acceptors (Lipinski definition) is 3. The lowest BCUT2D eigenvalue weighted by Gasteiger charge is -2.39. The van der Waals surface area contributed by atoms with E-state index < -0.39 is 6.09 Å². The molecule has 2 N–H and O–H groups in total. The van der Waals surface area contributed by atoms with Gasteiger partial charge in [-0.1, -0.05) is 26.0 Å². The first-order valence-corrected chi connectivity index (χ1v) is 7.92. The molecule has 0 spiro atoms. The molecule has 3 rings (SSSR count). The Bertz CT molecular complexity index is 819. The Balaban J connectivity index is 2.05. The van der Waals surface area contributed by atoms with Crippen LogP contribution in [0.2, 0.25) is 0 Å². The quantitative estimate of drug-likeness (QED) is 0.874. The zero-order chi connectivity index (χ0) is 18.2. The Morgan fingerprint density at radius 1 is 1.32 bits per heavy atom. The summed E-state index contributed by atoms with van der Waals surface area (Å²) in [5.74, 6) is 0.667. The molecule has 1 atom stereocenters. The van der Waals surface area contributed by atoms with Gasteiger partial charge in [-0.25, -0.2) is 9.18 Å². The van der Waals surface area contributed by atoms with Gasteiger partial charge in [0, 0.05) is 22.6 Å². The number of nitrogens with one attached hydrogen (secondary N) is 1. The van der Waals surface area contributed by atoms with Crippen molar-refractivity contribution in [3.8, 4) is 22.6 Å². The summed E-state index contributed by atoms with van der Waals surface area (Å²) in [5.41, 5.74) is 1.95. The van der Waals surface area contributed by atoms with E-state index in [0.29, 0.717) is 18.1 Å². The van der Waals surface area contributed by atoms with Crippen molar-refractivity contribution in [2.24, 2.45) is 5.41 Å². The summed E-state index contributed by atoms with van der Waals surface area (Å²) >= 11 is 0. The van der Waals surface area contributed by atoms with Crippen LogP contribution in [0.5, 0.6) is 11.5 Å². The van der Waals surface area contributed by atoms with Crippen molar-refractivity contribution in [3.05, 3.63) is 47.8 Å². The number of benzene rings is 2. The van der Waals surface area contributed by atoms with Crippen LogP contribution in [0.15, 0.2) is 36.4 Å². The van der Waals surface area contributed by atoms with Gasteiger partial charge in [0.25, 0.3) is 0 Å². The van der Waals surface area contributed by atoms with E-state index in [9.17, 15) is 9.18 Å². The molecule has 1 aliphatic heterocycles. The number of amides is 1. The molecule has 0 aliphatic carbocycles. The van der Waals surface area contributed by atoms with Gasteiger partial charge in [-0.3, -0.25) is 0 Å². The van der Waals surface area contributed by atoms with Gasteiger partial charge in [-0.05, 0) is 23.8 Å². The molecule has 132 valence electrons. The number of ether oxygens (including phenoxy) is 2. The van der Waals surface area contributed by atoms with Gasteiger partial charge in [0.2, 0.25) is 0 Å². The van der Waals surface area contributed by atoms with Gasteiger partial charge in [-0.2, -0.15) is 0 Å². The molecule has 0 fully saturated rings. The van der Waals surface area contributed by atoms with Crippen molar-refractivity contribution in [3.63, 3.8) is 0 Å². The number of fused-ring (bicyclic) bond motifs is 1. The van der Waals surface area contributed by atoms with Crippen LogP contribution in [0.4, 0.5) is 9.18 Å². The lowest BCUT2D eigenvalue weighted by atomic mass is 9.78. The second-order valence-corrected chi connectivity index (χ2v) is 6.76. The van der Waals surface area contributed by atoms with E-state index in [2.05, 4.69) is 5.32 Å². The summed E-state index contributed by atoms with van der Waals surface area (Å²) in [7, 11) is 1.49. The van der Waals surface area contributed by atoms with E-state index >= 15 is 0 Å². The van der Waals surface area contributed by atoms with Crippen molar-refractivity contribution >= 4 is 6.09 Å². The summed E-state index contributed by atoms with van der Waals surface area (Å²) in [6.45, 7) is 4.29. The van der Waals surface area contributed by atoms with E-state index in [1.54, 1.807) is 6.07 Å². The molecule has 2 aromatic rings. The highest BCUT2D eigenvalue weighted by Crippen LogP contribution is 2.44. The van der Waals surface area contributed by atoms with Crippen LogP contribution < -0.4 is 14.8 Å². The average Bonchev–Trinajstić information content (AvgIpc) is 2.57. The first kappa shape index (κ1) is 17.1. The highest BCUT2D eigenvalue weighted by Gasteiger charge is 2.38.